The lowest BCUT2D eigenvalue weighted by atomic mass is 9.99. The van der Waals surface area contributed by atoms with Crippen LogP contribution in [0, 0.1) is 0 Å². The van der Waals surface area contributed by atoms with Crippen molar-refractivity contribution in [3.63, 3.8) is 0 Å². The van der Waals surface area contributed by atoms with Crippen LogP contribution in [0.15, 0.2) is 0 Å². The van der Waals surface area contributed by atoms with Crippen molar-refractivity contribution >= 4 is 22.6 Å². The van der Waals surface area contributed by atoms with E-state index in [4.69, 9.17) is 14.6 Å². The summed E-state index contributed by atoms with van der Waals surface area (Å²) in [6, 6.07) is 0. The molecule has 1 aliphatic heterocycles. The fourth-order valence-electron chi connectivity index (χ4n) is 1.36. The molecule has 1 heterocycles. The Hall–Kier alpha value is 0.490. The number of ether oxygens (including phenoxy) is 2. The number of aliphatic hydroxyl groups is 4. The Morgan fingerprint density at radius 3 is 2.33 bits per heavy atom. The van der Waals surface area contributed by atoms with E-state index < -0.39 is 37.3 Å². The van der Waals surface area contributed by atoms with Gasteiger partial charge in [0.1, 0.15) is 28.5 Å². The number of rotatable bonds is 3. The summed E-state index contributed by atoms with van der Waals surface area (Å²) in [6.45, 7) is 1.29. The van der Waals surface area contributed by atoms with Crippen molar-refractivity contribution in [1.82, 2.24) is 0 Å². The summed E-state index contributed by atoms with van der Waals surface area (Å²) in [5.74, 6) is 0. The Kier molecular flexibility index (Phi) is 5.16. The molecule has 0 unspecified atom stereocenters. The van der Waals surface area contributed by atoms with Crippen molar-refractivity contribution in [3.05, 3.63) is 0 Å². The van der Waals surface area contributed by atoms with Gasteiger partial charge in [-0.1, -0.05) is 22.6 Å². The molecule has 0 aromatic carbocycles. The standard InChI is InChI=1S/C8H15IO6/c1-3(9)14-8-7(13)6(12)5(11)4(2-10)15-8/h3-8,10-13H,2H2,1H3/t3-,4-,5-,6+,7+,8+/m1/s1. The van der Waals surface area contributed by atoms with Crippen LogP contribution in [-0.2, 0) is 9.47 Å². The van der Waals surface area contributed by atoms with E-state index in [1.54, 1.807) is 6.92 Å². The van der Waals surface area contributed by atoms with Gasteiger partial charge in [0.15, 0.2) is 6.29 Å². The molecule has 90 valence electrons. The van der Waals surface area contributed by atoms with Crippen LogP contribution >= 0.6 is 22.6 Å². The first-order valence-corrected chi connectivity index (χ1v) is 5.82. The number of hydrogen-bond acceptors (Lipinski definition) is 6. The highest BCUT2D eigenvalue weighted by Gasteiger charge is 2.44. The SMILES string of the molecule is C[C@H](I)O[C@H]1O[C@H](CO)[C@@H](O)[C@H](O)[C@@H]1O. The first-order valence-electron chi connectivity index (χ1n) is 4.57. The molecule has 0 radical (unpaired) electrons. The van der Waals surface area contributed by atoms with E-state index in [1.165, 1.54) is 0 Å². The second-order valence-corrected chi connectivity index (χ2v) is 5.13. The molecule has 1 saturated heterocycles. The predicted molar refractivity (Wildman–Crippen MR) is 58.3 cm³/mol. The van der Waals surface area contributed by atoms with E-state index >= 15 is 0 Å². The lowest BCUT2D eigenvalue weighted by molar-refractivity contribution is -0.301. The first kappa shape index (κ1) is 13.6. The number of hydrogen-bond donors (Lipinski definition) is 4. The van der Waals surface area contributed by atoms with Crippen molar-refractivity contribution in [2.45, 2.75) is 41.7 Å². The van der Waals surface area contributed by atoms with Gasteiger partial charge < -0.3 is 29.9 Å². The van der Waals surface area contributed by atoms with E-state index in [0.29, 0.717) is 0 Å². The van der Waals surface area contributed by atoms with Crippen molar-refractivity contribution in [3.8, 4) is 0 Å². The van der Waals surface area contributed by atoms with Gasteiger partial charge >= 0.3 is 0 Å². The molecule has 0 aliphatic carbocycles. The van der Waals surface area contributed by atoms with Crippen LogP contribution < -0.4 is 0 Å². The van der Waals surface area contributed by atoms with Gasteiger partial charge in [0.2, 0.25) is 0 Å². The van der Waals surface area contributed by atoms with Gasteiger partial charge in [0, 0.05) is 0 Å². The minimum absolute atomic E-state index is 0.218. The highest BCUT2D eigenvalue weighted by molar-refractivity contribution is 14.1. The zero-order chi connectivity index (χ0) is 11.6. The van der Waals surface area contributed by atoms with Crippen molar-refractivity contribution in [2.24, 2.45) is 0 Å². The summed E-state index contributed by atoms with van der Waals surface area (Å²) in [4.78, 5) is 0. The first-order chi connectivity index (χ1) is 6.97. The highest BCUT2D eigenvalue weighted by atomic mass is 127. The van der Waals surface area contributed by atoms with Crippen molar-refractivity contribution in [1.29, 1.82) is 0 Å². The van der Waals surface area contributed by atoms with Crippen LogP contribution in [0.2, 0.25) is 0 Å². The van der Waals surface area contributed by atoms with Crippen LogP contribution in [0.4, 0.5) is 0 Å². The Morgan fingerprint density at radius 2 is 1.87 bits per heavy atom. The molecule has 0 amide bonds. The van der Waals surface area contributed by atoms with Gasteiger partial charge in [-0.05, 0) is 6.92 Å². The second-order valence-electron chi connectivity index (χ2n) is 3.38. The van der Waals surface area contributed by atoms with Crippen LogP contribution in [0.1, 0.15) is 6.92 Å². The summed E-state index contributed by atoms with van der Waals surface area (Å²) in [6.07, 6.45) is -5.98. The van der Waals surface area contributed by atoms with Crippen LogP contribution in [0.25, 0.3) is 0 Å². The molecular formula is C8H15IO6. The third kappa shape index (κ3) is 3.22. The lowest BCUT2D eigenvalue weighted by Gasteiger charge is -2.39. The number of alkyl halides is 1. The fraction of sp³-hybridized carbons (Fsp3) is 1.00. The average molecular weight is 334 g/mol. The topological polar surface area (TPSA) is 99.4 Å². The van der Waals surface area contributed by atoms with Crippen molar-refractivity contribution in [2.75, 3.05) is 6.61 Å². The molecule has 7 heteroatoms. The minimum atomic E-state index is -1.38. The molecule has 1 rings (SSSR count). The molecule has 1 aliphatic rings. The maximum Gasteiger partial charge on any atom is 0.187 e. The van der Waals surface area contributed by atoms with Gasteiger partial charge in [-0.2, -0.15) is 0 Å². The maximum atomic E-state index is 9.53. The third-order valence-corrected chi connectivity index (χ3v) is 2.46. The Bertz CT molecular complexity index is 200. The average Bonchev–Trinajstić information content (AvgIpc) is 2.18. The fourth-order valence-corrected chi connectivity index (χ4v) is 1.65. The quantitative estimate of drug-likeness (QED) is 0.374. The molecule has 1 fully saturated rings. The largest absolute Gasteiger partial charge is 0.394 e. The van der Waals surface area contributed by atoms with Gasteiger partial charge in [0.05, 0.1) is 6.61 Å². The number of halogens is 1. The lowest BCUT2D eigenvalue weighted by Crippen LogP contribution is -2.59. The van der Waals surface area contributed by atoms with Crippen molar-refractivity contribution < 1.29 is 29.9 Å². The van der Waals surface area contributed by atoms with E-state index in [2.05, 4.69) is 0 Å². The summed E-state index contributed by atoms with van der Waals surface area (Å²) < 4.78 is 10.1. The Morgan fingerprint density at radius 1 is 1.27 bits per heavy atom. The zero-order valence-electron chi connectivity index (χ0n) is 8.15. The number of aliphatic hydroxyl groups excluding tert-OH is 4. The van der Waals surface area contributed by atoms with Crippen LogP contribution in [0.3, 0.4) is 0 Å². The minimum Gasteiger partial charge on any atom is -0.394 e. The molecule has 0 spiro atoms. The molecular weight excluding hydrogens is 319 g/mol. The van der Waals surface area contributed by atoms with E-state index in [9.17, 15) is 15.3 Å². The van der Waals surface area contributed by atoms with Gasteiger partial charge in [-0.25, -0.2) is 0 Å². The Labute approximate surface area is 101 Å². The van der Waals surface area contributed by atoms with E-state index in [1.807, 2.05) is 22.6 Å². The highest BCUT2D eigenvalue weighted by Crippen LogP contribution is 2.23. The van der Waals surface area contributed by atoms with Crippen LogP contribution in [-0.4, -0.2) is 61.8 Å². The summed E-state index contributed by atoms with van der Waals surface area (Å²) in [5.41, 5.74) is 0. The summed E-state index contributed by atoms with van der Waals surface area (Å²) >= 11 is 1.97. The zero-order valence-corrected chi connectivity index (χ0v) is 10.3. The Balaban J connectivity index is 2.65. The molecule has 6 atom stereocenters. The molecule has 0 aromatic heterocycles. The second kappa shape index (κ2) is 5.71. The van der Waals surface area contributed by atoms with Gasteiger partial charge in [-0.3, -0.25) is 0 Å². The maximum absolute atomic E-state index is 9.53. The molecule has 0 aromatic rings. The predicted octanol–water partition coefficient (Wildman–Crippen LogP) is -1.42. The molecule has 4 N–H and O–H groups in total. The molecule has 0 bridgehead atoms. The summed E-state index contributed by atoms with van der Waals surface area (Å²) in [5, 5.41) is 37.3. The van der Waals surface area contributed by atoms with E-state index in [-0.39, 0.29) is 4.11 Å². The van der Waals surface area contributed by atoms with E-state index in [0.717, 1.165) is 0 Å². The summed E-state index contributed by atoms with van der Waals surface area (Å²) in [7, 11) is 0. The molecule has 0 saturated carbocycles. The smallest absolute Gasteiger partial charge is 0.187 e. The molecule has 15 heavy (non-hydrogen) atoms. The molecule has 6 nitrogen and oxygen atoms in total. The monoisotopic (exact) mass is 334 g/mol. The van der Waals surface area contributed by atoms with Crippen LogP contribution in [0.5, 0.6) is 0 Å². The normalized spacial score (nSPS) is 44.0. The van der Waals surface area contributed by atoms with Gasteiger partial charge in [-0.15, -0.1) is 0 Å². The van der Waals surface area contributed by atoms with Gasteiger partial charge in [0.25, 0.3) is 0 Å². The third-order valence-electron chi connectivity index (χ3n) is 2.17.